The van der Waals surface area contributed by atoms with E-state index in [9.17, 15) is 18.0 Å². The number of piperidine rings is 1. The molecule has 5 rings (SSSR count). The van der Waals surface area contributed by atoms with E-state index in [2.05, 4.69) is 0 Å². The Morgan fingerprint density at radius 2 is 1.52 bits per heavy atom. The molecule has 0 radical (unpaired) electrons. The van der Waals surface area contributed by atoms with Crippen LogP contribution in [-0.2, 0) is 14.8 Å². The van der Waals surface area contributed by atoms with Crippen LogP contribution in [0.25, 0.3) is 10.8 Å². The Morgan fingerprint density at radius 1 is 0.828 bits per heavy atom. The molecule has 0 atom stereocenters. The molecule has 0 N–H and O–H groups in total. The Kier molecular flexibility index (Phi) is 4.36. The molecule has 2 aromatic carbocycles. The van der Waals surface area contributed by atoms with Gasteiger partial charge in [-0.1, -0.05) is 36.4 Å². The van der Waals surface area contributed by atoms with Gasteiger partial charge in [0.05, 0.1) is 4.90 Å². The van der Waals surface area contributed by atoms with Crippen LogP contribution < -0.4 is 0 Å². The second kappa shape index (κ2) is 6.81. The number of nitrogens with zero attached hydrogens (tertiary/aromatic N) is 3. The first kappa shape index (κ1) is 18.6. The van der Waals surface area contributed by atoms with E-state index in [4.69, 9.17) is 0 Å². The second-order valence-corrected chi connectivity index (χ2v) is 9.92. The molecule has 3 amide bonds. The Hall–Kier alpha value is -2.45. The average molecular weight is 413 g/mol. The van der Waals surface area contributed by atoms with E-state index in [-0.39, 0.29) is 30.6 Å². The van der Waals surface area contributed by atoms with Crippen molar-refractivity contribution >= 4 is 32.7 Å². The molecule has 0 bridgehead atoms. The fourth-order valence-electron chi connectivity index (χ4n) is 4.47. The molecule has 1 aliphatic carbocycles. The van der Waals surface area contributed by atoms with Crippen molar-refractivity contribution in [3.63, 3.8) is 0 Å². The highest BCUT2D eigenvalue weighted by atomic mass is 32.2. The largest absolute Gasteiger partial charge is 0.327 e. The molecule has 2 heterocycles. The zero-order valence-electron chi connectivity index (χ0n) is 16.0. The third kappa shape index (κ3) is 3.11. The summed E-state index contributed by atoms with van der Waals surface area (Å²) in [7, 11) is -3.62. The minimum Gasteiger partial charge on any atom is -0.312 e. The Bertz CT molecular complexity index is 1080. The van der Waals surface area contributed by atoms with Gasteiger partial charge in [-0.05, 0) is 37.1 Å². The molecule has 152 valence electrons. The van der Waals surface area contributed by atoms with Crippen molar-refractivity contribution in [3.8, 4) is 0 Å². The summed E-state index contributed by atoms with van der Waals surface area (Å²) in [6.07, 6.45) is 2.88. The first-order chi connectivity index (χ1) is 14.0. The van der Waals surface area contributed by atoms with Crippen molar-refractivity contribution in [2.24, 2.45) is 0 Å². The third-order valence-corrected chi connectivity index (χ3v) is 8.13. The van der Waals surface area contributed by atoms with Gasteiger partial charge in [0.2, 0.25) is 10.0 Å². The zero-order chi connectivity index (χ0) is 20.2. The maximum absolute atomic E-state index is 13.3. The molecule has 0 aromatic heterocycles. The fraction of sp³-hybridized carbons (Fsp3) is 0.429. The fourth-order valence-corrected chi connectivity index (χ4v) is 6.15. The maximum atomic E-state index is 13.3. The minimum absolute atomic E-state index is 0.0758. The Labute approximate surface area is 169 Å². The number of amides is 3. The normalized spacial score (nSPS) is 22.1. The van der Waals surface area contributed by atoms with Crippen molar-refractivity contribution < 1.29 is 18.0 Å². The molecule has 2 aromatic rings. The molecule has 2 aliphatic heterocycles. The van der Waals surface area contributed by atoms with Crippen LogP contribution in [0.2, 0.25) is 0 Å². The van der Waals surface area contributed by atoms with E-state index < -0.39 is 10.0 Å². The van der Waals surface area contributed by atoms with E-state index in [1.54, 1.807) is 17.0 Å². The maximum Gasteiger partial charge on any atom is 0.327 e. The van der Waals surface area contributed by atoms with Crippen molar-refractivity contribution in [2.45, 2.75) is 42.7 Å². The van der Waals surface area contributed by atoms with Crippen LogP contribution in [0.15, 0.2) is 47.4 Å². The lowest BCUT2D eigenvalue weighted by molar-refractivity contribution is -0.125. The van der Waals surface area contributed by atoms with Crippen molar-refractivity contribution in [1.29, 1.82) is 0 Å². The lowest BCUT2D eigenvalue weighted by Crippen LogP contribution is -2.48. The standard InChI is InChI=1S/C21H23N3O4S/c25-20-14-23(21(26)24(20)17-8-9-17)16-10-12-22(13-11-16)29(27,28)19-7-3-5-15-4-1-2-6-18(15)19/h1-7,16-17H,8-14H2. The van der Waals surface area contributed by atoms with Gasteiger partial charge in [-0.15, -0.1) is 0 Å². The summed E-state index contributed by atoms with van der Waals surface area (Å²) in [5.41, 5.74) is 0. The third-order valence-electron chi connectivity index (χ3n) is 6.17. The summed E-state index contributed by atoms with van der Waals surface area (Å²) >= 11 is 0. The van der Waals surface area contributed by atoms with Gasteiger partial charge in [-0.2, -0.15) is 4.31 Å². The first-order valence-electron chi connectivity index (χ1n) is 10.1. The number of benzene rings is 2. The van der Waals surface area contributed by atoms with Crippen LogP contribution in [0.5, 0.6) is 0 Å². The SMILES string of the molecule is O=C1CN(C2CCN(S(=O)(=O)c3cccc4ccccc34)CC2)C(=O)N1C1CC1. The molecular formula is C21H23N3O4S. The number of hydrogen-bond donors (Lipinski definition) is 0. The van der Waals surface area contributed by atoms with Crippen LogP contribution in [0, 0.1) is 0 Å². The monoisotopic (exact) mass is 413 g/mol. The van der Waals surface area contributed by atoms with Gasteiger partial charge in [-0.25, -0.2) is 13.2 Å². The number of rotatable bonds is 4. The van der Waals surface area contributed by atoms with Crippen molar-refractivity contribution in [1.82, 2.24) is 14.1 Å². The molecule has 3 fully saturated rings. The van der Waals surface area contributed by atoms with Crippen LogP contribution >= 0.6 is 0 Å². The predicted octanol–water partition coefficient (Wildman–Crippen LogP) is 2.42. The van der Waals surface area contributed by atoms with Gasteiger partial charge < -0.3 is 4.90 Å². The lowest BCUT2D eigenvalue weighted by Gasteiger charge is -2.35. The number of fused-ring (bicyclic) bond motifs is 1. The number of imide groups is 1. The molecule has 29 heavy (non-hydrogen) atoms. The summed E-state index contributed by atoms with van der Waals surface area (Å²) in [5.74, 6) is -0.122. The first-order valence-corrected chi connectivity index (χ1v) is 11.5. The summed E-state index contributed by atoms with van der Waals surface area (Å²) < 4.78 is 28.1. The highest BCUT2D eigenvalue weighted by Crippen LogP contribution is 2.33. The van der Waals surface area contributed by atoms with Crippen molar-refractivity contribution in [3.05, 3.63) is 42.5 Å². The molecule has 0 spiro atoms. The molecule has 7 nitrogen and oxygen atoms in total. The summed E-state index contributed by atoms with van der Waals surface area (Å²) in [6.45, 7) is 0.811. The van der Waals surface area contributed by atoms with Gasteiger partial charge in [0.15, 0.2) is 0 Å². The summed E-state index contributed by atoms with van der Waals surface area (Å²) in [5, 5.41) is 1.61. The number of urea groups is 1. The molecule has 8 heteroatoms. The van der Waals surface area contributed by atoms with Gasteiger partial charge in [-0.3, -0.25) is 9.69 Å². The summed E-state index contributed by atoms with van der Waals surface area (Å²) in [4.78, 5) is 28.2. The van der Waals surface area contributed by atoms with E-state index in [0.29, 0.717) is 30.8 Å². The van der Waals surface area contributed by atoms with Gasteiger partial charge in [0.1, 0.15) is 6.54 Å². The van der Waals surface area contributed by atoms with Crippen LogP contribution in [0.3, 0.4) is 0 Å². The van der Waals surface area contributed by atoms with E-state index in [1.165, 1.54) is 9.21 Å². The highest BCUT2D eigenvalue weighted by Gasteiger charge is 2.47. The number of sulfonamides is 1. The van der Waals surface area contributed by atoms with E-state index in [1.807, 2.05) is 30.3 Å². The second-order valence-electron chi connectivity index (χ2n) is 8.02. The number of carbonyl (C=O) groups is 2. The molecule has 0 unspecified atom stereocenters. The average Bonchev–Trinajstić information content (AvgIpc) is 3.52. The number of hydrogen-bond acceptors (Lipinski definition) is 4. The van der Waals surface area contributed by atoms with Gasteiger partial charge in [0, 0.05) is 30.6 Å². The van der Waals surface area contributed by atoms with Gasteiger partial charge >= 0.3 is 6.03 Å². The smallest absolute Gasteiger partial charge is 0.312 e. The van der Waals surface area contributed by atoms with Crippen LogP contribution in [0.1, 0.15) is 25.7 Å². The lowest BCUT2D eigenvalue weighted by atomic mass is 10.1. The van der Waals surface area contributed by atoms with Gasteiger partial charge in [0.25, 0.3) is 5.91 Å². The Balaban J connectivity index is 1.32. The molecule has 2 saturated heterocycles. The summed E-state index contributed by atoms with van der Waals surface area (Å²) in [6, 6.07) is 12.6. The van der Waals surface area contributed by atoms with Crippen LogP contribution in [-0.4, -0.2) is 66.2 Å². The molecular weight excluding hydrogens is 390 g/mol. The highest BCUT2D eigenvalue weighted by molar-refractivity contribution is 7.89. The molecule has 3 aliphatic rings. The van der Waals surface area contributed by atoms with E-state index in [0.717, 1.165) is 23.6 Å². The predicted molar refractivity (Wildman–Crippen MR) is 108 cm³/mol. The number of carbonyl (C=O) groups excluding carboxylic acids is 2. The van der Waals surface area contributed by atoms with Crippen molar-refractivity contribution in [2.75, 3.05) is 19.6 Å². The molecule has 1 saturated carbocycles. The Morgan fingerprint density at radius 3 is 2.24 bits per heavy atom. The minimum atomic E-state index is -3.62. The zero-order valence-corrected chi connectivity index (χ0v) is 16.8. The van der Waals surface area contributed by atoms with Crippen LogP contribution in [0.4, 0.5) is 4.79 Å². The quantitative estimate of drug-likeness (QED) is 0.722. The van der Waals surface area contributed by atoms with E-state index >= 15 is 0 Å². The topological polar surface area (TPSA) is 78.0 Å².